The molecule has 1 rings (SSSR count). The largest absolute Gasteiger partial charge is 0.293 e. The van der Waals surface area contributed by atoms with Crippen LogP contribution in [0.1, 0.15) is 18.9 Å². The molecule has 0 spiro atoms. The molecule has 0 aliphatic rings. The molecule has 0 aliphatic carbocycles. The van der Waals surface area contributed by atoms with Crippen LogP contribution < -0.4 is 11.3 Å². The first kappa shape index (κ1) is 14.1. The summed E-state index contributed by atoms with van der Waals surface area (Å²) in [4.78, 5) is 17.4. The number of pyridine rings is 1. The number of carbonyl (C=O) groups excluding carboxylic acids is 1. The third-order valence-corrected chi connectivity index (χ3v) is 2.69. The molecular formula is C12H17N5O. The predicted molar refractivity (Wildman–Crippen MR) is 66.7 cm³/mol. The lowest BCUT2D eigenvalue weighted by Gasteiger charge is -2.26. The van der Waals surface area contributed by atoms with Gasteiger partial charge in [0.2, 0.25) is 0 Å². The fraction of sp³-hybridized carbons (Fsp3) is 0.417. The molecule has 1 heterocycles. The number of nitrogens with two attached hydrogens (primary N) is 1. The minimum absolute atomic E-state index is 0.267. The Kier molecular flexibility index (Phi) is 5.77. The molecule has 0 saturated carbocycles. The van der Waals surface area contributed by atoms with E-state index >= 15 is 0 Å². The quantitative estimate of drug-likeness (QED) is 0.424. The predicted octanol–water partition coefficient (Wildman–Crippen LogP) is 0.176. The number of carbonyl (C=O) groups is 1. The van der Waals surface area contributed by atoms with Crippen molar-refractivity contribution in [2.24, 2.45) is 5.84 Å². The zero-order chi connectivity index (χ0) is 13.4. The van der Waals surface area contributed by atoms with Crippen molar-refractivity contribution in [3.05, 3.63) is 30.1 Å². The van der Waals surface area contributed by atoms with Crippen LogP contribution in [0, 0.1) is 11.3 Å². The average Bonchev–Trinajstić information content (AvgIpc) is 2.42. The van der Waals surface area contributed by atoms with Gasteiger partial charge < -0.3 is 0 Å². The van der Waals surface area contributed by atoms with Crippen LogP contribution in [0.4, 0.5) is 0 Å². The summed E-state index contributed by atoms with van der Waals surface area (Å²) < 4.78 is 0. The molecule has 3 N–H and O–H groups in total. The van der Waals surface area contributed by atoms with Gasteiger partial charge in [0.05, 0.1) is 12.1 Å². The number of aromatic nitrogens is 1. The summed E-state index contributed by atoms with van der Waals surface area (Å²) in [6.45, 7) is 2.83. The first-order valence-corrected chi connectivity index (χ1v) is 5.69. The monoisotopic (exact) mass is 247 g/mol. The van der Waals surface area contributed by atoms with E-state index in [1.165, 1.54) is 0 Å². The van der Waals surface area contributed by atoms with Crippen molar-refractivity contribution in [3.63, 3.8) is 0 Å². The van der Waals surface area contributed by atoms with Gasteiger partial charge in [-0.25, -0.2) is 5.84 Å². The number of nitrogens with one attached hydrogen (secondary N) is 1. The lowest BCUT2D eigenvalue weighted by Crippen LogP contribution is -2.47. The van der Waals surface area contributed by atoms with Crippen molar-refractivity contribution in [1.82, 2.24) is 15.3 Å². The van der Waals surface area contributed by atoms with E-state index < -0.39 is 0 Å². The molecule has 1 aromatic rings. The van der Waals surface area contributed by atoms with Crippen LogP contribution >= 0.6 is 0 Å². The molecule has 6 nitrogen and oxygen atoms in total. The van der Waals surface area contributed by atoms with Crippen molar-refractivity contribution in [1.29, 1.82) is 5.26 Å². The first-order chi connectivity index (χ1) is 8.69. The molecule has 6 heteroatoms. The lowest BCUT2D eigenvalue weighted by molar-refractivity contribution is -0.126. The maximum Gasteiger partial charge on any atom is 0.250 e. The summed E-state index contributed by atoms with van der Waals surface area (Å²) in [5.41, 5.74) is 3.12. The van der Waals surface area contributed by atoms with Gasteiger partial charge in [0.1, 0.15) is 0 Å². The van der Waals surface area contributed by atoms with Crippen LogP contribution in [0.2, 0.25) is 0 Å². The molecule has 1 amide bonds. The first-order valence-electron chi connectivity index (χ1n) is 5.69. The second-order valence-electron chi connectivity index (χ2n) is 3.92. The smallest absolute Gasteiger partial charge is 0.250 e. The van der Waals surface area contributed by atoms with E-state index in [-0.39, 0.29) is 11.9 Å². The topological polar surface area (TPSA) is 95.0 Å². The SMILES string of the molecule is CC(C(=O)NN)N(CCC#N)Cc1cccnc1. The molecule has 0 aliphatic heterocycles. The Labute approximate surface area is 106 Å². The van der Waals surface area contributed by atoms with E-state index in [2.05, 4.69) is 16.5 Å². The van der Waals surface area contributed by atoms with Crippen LogP contribution in [0.5, 0.6) is 0 Å². The van der Waals surface area contributed by atoms with Crippen molar-refractivity contribution in [2.75, 3.05) is 6.54 Å². The number of nitriles is 1. The number of hydrogen-bond donors (Lipinski definition) is 2. The highest BCUT2D eigenvalue weighted by molar-refractivity contribution is 5.80. The van der Waals surface area contributed by atoms with E-state index in [1.54, 1.807) is 19.3 Å². The van der Waals surface area contributed by atoms with Crippen LogP contribution in [-0.4, -0.2) is 28.4 Å². The number of hydrazine groups is 1. The number of nitrogens with zero attached hydrogens (tertiary/aromatic N) is 3. The Morgan fingerprint density at radius 1 is 1.72 bits per heavy atom. The molecule has 0 fully saturated rings. The second kappa shape index (κ2) is 7.37. The standard InChI is InChI=1S/C12H17N5O/c1-10(12(18)16-14)17(7-3-5-13)9-11-4-2-6-15-8-11/h2,4,6,8,10H,3,7,9,14H2,1H3,(H,16,18). The van der Waals surface area contributed by atoms with E-state index in [1.807, 2.05) is 17.0 Å². The summed E-state index contributed by atoms with van der Waals surface area (Å²) in [5, 5.41) is 8.64. The van der Waals surface area contributed by atoms with Gasteiger partial charge in [-0.15, -0.1) is 0 Å². The molecule has 0 radical (unpaired) electrons. The molecule has 0 bridgehead atoms. The van der Waals surface area contributed by atoms with Crippen molar-refractivity contribution < 1.29 is 4.79 Å². The van der Waals surface area contributed by atoms with Crippen LogP contribution in [-0.2, 0) is 11.3 Å². The third-order valence-electron chi connectivity index (χ3n) is 2.69. The fourth-order valence-corrected chi connectivity index (χ4v) is 1.62. The van der Waals surface area contributed by atoms with Gasteiger partial charge in [-0.2, -0.15) is 5.26 Å². The number of hydrogen-bond acceptors (Lipinski definition) is 5. The molecule has 18 heavy (non-hydrogen) atoms. The Morgan fingerprint density at radius 3 is 3.06 bits per heavy atom. The summed E-state index contributed by atoms with van der Waals surface area (Å²) >= 11 is 0. The van der Waals surface area contributed by atoms with Gasteiger partial charge in [0.25, 0.3) is 5.91 Å². The minimum atomic E-state index is -0.386. The van der Waals surface area contributed by atoms with Crippen LogP contribution in [0.15, 0.2) is 24.5 Å². The van der Waals surface area contributed by atoms with Gasteiger partial charge in [0, 0.05) is 31.9 Å². The second-order valence-corrected chi connectivity index (χ2v) is 3.92. The van der Waals surface area contributed by atoms with E-state index in [0.29, 0.717) is 19.5 Å². The van der Waals surface area contributed by atoms with E-state index in [4.69, 9.17) is 11.1 Å². The molecule has 0 aromatic carbocycles. The fourth-order valence-electron chi connectivity index (χ4n) is 1.62. The number of rotatable bonds is 6. The number of amides is 1. The maximum atomic E-state index is 11.5. The van der Waals surface area contributed by atoms with Gasteiger partial charge in [-0.1, -0.05) is 6.07 Å². The molecule has 0 saturated heterocycles. The van der Waals surface area contributed by atoms with Gasteiger partial charge >= 0.3 is 0 Å². The van der Waals surface area contributed by atoms with Crippen molar-refractivity contribution >= 4 is 5.91 Å². The Bertz CT molecular complexity index is 414. The molecule has 96 valence electrons. The Hall–Kier alpha value is -1.97. The highest BCUT2D eigenvalue weighted by Gasteiger charge is 2.20. The Morgan fingerprint density at radius 2 is 2.50 bits per heavy atom. The molecule has 1 unspecified atom stereocenters. The minimum Gasteiger partial charge on any atom is -0.293 e. The normalized spacial score (nSPS) is 11.9. The van der Waals surface area contributed by atoms with E-state index in [9.17, 15) is 4.79 Å². The highest BCUT2D eigenvalue weighted by Crippen LogP contribution is 2.08. The summed E-state index contributed by atoms with van der Waals surface area (Å²) in [6.07, 6.45) is 3.80. The maximum absolute atomic E-state index is 11.5. The molecular weight excluding hydrogens is 230 g/mol. The average molecular weight is 247 g/mol. The summed E-state index contributed by atoms with van der Waals surface area (Å²) in [5.74, 6) is 4.86. The molecule has 1 atom stereocenters. The molecule has 1 aromatic heterocycles. The zero-order valence-corrected chi connectivity index (χ0v) is 10.3. The lowest BCUT2D eigenvalue weighted by atomic mass is 10.2. The third kappa shape index (κ3) is 4.13. The zero-order valence-electron chi connectivity index (χ0n) is 10.3. The van der Waals surface area contributed by atoms with Crippen molar-refractivity contribution in [3.8, 4) is 6.07 Å². The van der Waals surface area contributed by atoms with Gasteiger partial charge in [0.15, 0.2) is 0 Å². The van der Waals surface area contributed by atoms with Crippen molar-refractivity contribution in [2.45, 2.75) is 25.9 Å². The van der Waals surface area contributed by atoms with Crippen LogP contribution in [0.3, 0.4) is 0 Å². The van der Waals surface area contributed by atoms with Crippen LogP contribution in [0.25, 0.3) is 0 Å². The van der Waals surface area contributed by atoms with Gasteiger partial charge in [-0.3, -0.25) is 20.1 Å². The summed E-state index contributed by atoms with van der Waals surface area (Å²) in [6, 6.07) is 5.46. The Balaban J connectivity index is 2.72. The summed E-state index contributed by atoms with van der Waals surface area (Å²) in [7, 11) is 0. The van der Waals surface area contributed by atoms with Gasteiger partial charge in [-0.05, 0) is 18.6 Å². The highest BCUT2D eigenvalue weighted by atomic mass is 16.2. The van der Waals surface area contributed by atoms with E-state index in [0.717, 1.165) is 5.56 Å².